The van der Waals surface area contributed by atoms with E-state index in [0.29, 0.717) is 17.7 Å². The van der Waals surface area contributed by atoms with Gasteiger partial charge in [-0.3, -0.25) is 0 Å². The Balaban J connectivity index is 2.16. The maximum atomic E-state index is 13.9. The van der Waals surface area contributed by atoms with Crippen molar-refractivity contribution in [3.8, 4) is 5.75 Å². The number of benzene rings is 1. The lowest BCUT2D eigenvalue weighted by molar-refractivity contribution is 0.0472. The lowest BCUT2D eigenvalue weighted by Gasteiger charge is -2.41. The molecule has 1 aliphatic rings. The summed E-state index contributed by atoms with van der Waals surface area (Å²) in [4.78, 5) is 0. The van der Waals surface area contributed by atoms with E-state index in [1.165, 1.54) is 12.5 Å². The monoisotopic (exact) mass is 293 g/mol. The molecule has 3 atom stereocenters. The van der Waals surface area contributed by atoms with Gasteiger partial charge in [0, 0.05) is 6.04 Å². The molecule has 21 heavy (non-hydrogen) atoms. The van der Waals surface area contributed by atoms with Crippen molar-refractivity contribution in [3.05, 3.63) is 29.6 Å². The van der Waals surface area contributed by atoms with Crippen LogP contribution >= 0.6 is 0 Å². The van der Waals surface area contributed by atoms with E-state index in [-0.39, 0.29) is 17.3 Å². The van der Waals surface area contributed by atoms with Gasteiger partial charge in [0.05, 0.1) is 0 Å². The van der Waals surface area contributed by atoms with Gasteiger partial charge in [-0.2, -0.15) is 0 Å². The largest absolute Gasteiger partial charge is 0.486 e. The van der Waals surface area contributed by atoms with Crippen LogP contribution in [-0.2, 0) is 0 Å². The number of aryl methyl sites for hydroxylation is 1. The van der Waals surface area contributed by atoms with Crippen molar-refractivity contribution in [1.82, 2.24) is 5.32 Å². The Morgan fingerprint density at radius 2 is 1.95 bits per heavy atom. The van der Waals surface area contributed by atoms with Gasteiger partial charge in [-0.05, 0) is 62.3 Å². The average Bonchev–Trinajstić information content (AvgIpc) is 2.42. The molecular weight excluding hydrogens is 265 g/mol. The fourth-order valence-corrected chi connectivity index (χ4v) is 3.24. The second kappa shape index (κ2) is 6.35. The molecular formula is C18H28FNO. The summed E-state index contributed by atoms with van der Waals surface area (Å²) < 4.78 is 20.0. The van der Waals surface area contributed by atoms with Gasteiger partial charge in [-0.15, -0.1) is 0 Å². The lowest BCUT2D eigenvalue weighted by Crippen LogP contribution is -2.47. The molecule has 1 fully saturated rings. The van der Waals surface area contributed by atoms with E-state index >= 15 is 0 Å². The summed E-state index contributed by atoms with van der Waals surface area (Å²) in [6, 6.07) is 5.35. The van der Waals surface area contributed by atoms with Crippen molar-refractivity contribution in [2.45, 2.75) is 59.1 Å². The van der Waals surface area contributed by atoms with Gasteiger partial charge in [0.2, 0.25) is 0 Å². The van der Waals surface area contributed by atoms with Crippen molar-refractivity contribution in [2.24, 2.45) is 11.3 Å². The van der Waals surface area contributed by atoms with Crippen LogP contribution in [-0.4, -0.2) is 19.2 Å². The Morgan fingerprint density at radius 3 is 2.57 bits per heavy atom. The molecule has 2 nitrogen and oxygen atoms in total. The van der Waals surface area contributed by atoms with Crippen molar-refractivity contribution in [2.75, 3.05) is 7.05 Å². The first-order chi connectivity index (χ1) is 9.81. The Hall–Kier alpha value is -1.09. The van der Waals surface area contributed by atoms with Crippen molar-refractivity contribution < 1.29 is 9.13 Å². The Morgan fingerprint density at radius 1 is 1.24 bits per heavy atom. The first-order valence-corrected chi connectivity index (χ1v) is 7.91. The Labute approximate surface area is 128 Å². The van der Waals surface area contributed by atoms with Gasteiger partial charge >= 0.3 is 0 Å². The third-order valence-corrected chi connectivity index (χ3v) is 4.75. The SMILES string of the molecule is CNC1CCC(C(C)(C)C)CC1Oc1cc(C)ccc1F. The molecule has 0 bridgehead atoms. The number of halogens is 1. The van der Waals surface area contributed by atoms with E-state index in [1.54, 1.807) is 12.1 Å². The predicted octanol–water partition coefficient (Wildman–Crippen LogP) is 4.32. The second-order valence-electron chi connectivity index (χ2n) is 7.36. The fourth-order valence-electron chi connectivity index (χ4n) is 3.24. The third-order valence-electron chi connectivity index (χ3n) is 4.75. The molecule has 118 valence electrons. The molecule has 0 radical (unpaired) electrons. The number of ether oxygens (including phenoxy) is 1. The quantitative estimate of drug-likeness (QED) is 0.896. The number of nitrogens with one attached hydrogen (secondary N) is 1. The number of hydrogen-bond acceptors (Lipinski definition) is 2. The van der Waals surface area contributed by atoms with Crippen LogP contribution < -0.4 is 10.1 Å². The van der Waals surface area contributed by atoms with Crippen LogP contribution in [0.5, 0.6) is 5.75 Å². The van der Waals surface area contributed by atoms with Crippen LogP contribution in [0.15, 0.2) is 18.2 Å². The van der Waals surface area contributed by atoms with Gasteiger partial charge in [0.15, 0.2) is 11.6 Å². The highest BCUT2D eigenvalue weighted by Crippen LogP contribution is 2.39. The van der Waals surface area contributed by atoms with E-state index < -0.39 is 0 Å². The maximum absolute atomic E-state index is 13.9. The summed E-state index contributed by atoms with van der Waals surface area (Å²) in [6.07, 6.45) is 3.29. The smallest absolute Gasteiger partial charge is 0.165 e. The van der Waals surface area contributed by atoms with Gasteiger partial charge < -0.3 is 10.1 Å². The topological polar surface area (TPSA) is 21.3 Å². The molecule has 0 aromatic heterocycles. The van der Waals surface area contributed by atoms with Crippen molar-refractivity contribution >= 4 is 0 Å². The van der Waals surface area contributed by atoms with Crippen LogP contribution in [0.1, 0.15) is 45.6 Å². The van der Waals surface area contributed by atoms with E-state index in [9.17, 15) is 4.39 Å². The number of likely N-dealkylation sites (N-methyl/N-ethyl adjacent to an activating group) is 1. The molecule has 0 spiro atoms. The van der Waals surface area contributed by atoms with Gasteiger partial charge in [0.25, 0.3) is 0 Å². The van der Waals surface area contributed by atoms with Gasteiger partial charge in [-0.25, -0.2) is 4.39 Å². The van der Waals surface area contributed by atoms with Crippen LogP contribution in [0.3, 0.4) is 0 Å². The van der Waals surface area contributed by atoms with Crippen LogP contribution in [0.25, 0.3) is 0 Å². The standard InChI is InChI=1S/C18H28FNO/c1-12-6-8-14(19)16(10-12)21-17-11-13(18(2,3)4)7-9-15(17)20-5/h6,8,10,13,15,17,20H,7,9,11H2,1-5H3. The first-order valence-electron chi connectivity index (χ1n) is 7.91. The summed E-state index contributed by atoms with van der Waals surface area (Å²) in [5, 5.41) is 3.33. The molecule has 0 aliphatic heterocycles. The van der Waals surface area contributed by atoms with Crippen molar-refractivity contribution in [1.29, 1.82) is 0 Å². The number of rotatable bonds is 3. The molecule has 0 amide bonds. The highest BCUT2D eigenvalue weighted by atomic mass is 19.1. The summed E-state index contributed by atoms with van der Waals surface area (Å²) in [7, 11) is 1.96. The Kier molecular flexibility index (Phi) is 4.92. The van der Waals surface area contributed by atoms with Crippen LogP contribution in [0.4, 0.5) is 4.39 Å². The minimum absolute atomic E-state index is 0.0317. The number of hydrogen-bond donors (Lipinski definition) is 1. The first kappa shape index (κ1) is 16.3. The predicted molar refractivity (Wildman–Crippen MR) is 85.2 cm³/mol. The molecule has 1 N–H and O–H groups in total. The highest BCUT2D eigenvalue weighted by Gasteiger charge is 2.36. The maximum Gasteiger partial charge on any atom is 0.165 e. The lowest BCUT2D eigenvalue weighted by atomic mass is 9.70. The van der Waals surface area contributed by atoms with E-state index in [0.717, 1.165) is 18.4 Å². The fraction of sp³-hybridized carbons (Fsp3) is 0.667. The minimum atomic E-state index is -0.270. The highest BCUT2D eigenvalue weighted by molar-refractivity contribution is 5.29. The summed E-state index contributed by atoms with van der Waals surface area (Å²) >= 11 is 0. The molecule has 1 aliphatic carbocycles. The summed E-state index contributed by atoms with van der Waals surface area (Å²) in [5.41, 5.74) is 1.29. The van der Waals surface area contributed by atoms with Crippen LogP contribution in [0.2, 0.25) is 0 Å². The summed E-state index contributed by atoms with van der Waals surface area (Å²) in [5.74, 6) is 0.725. The zero-order valence-corrected chi connectivity index (χ0v) is 13.9. The molecule has 3 unspecified atom stereocenters. The van der Waals surface area contributed by atoms with E-state index in [2.05, 4.69) is 26.1 Å². The van der Waals surface area contributed by atoms with E-state index in [4.69, 9.17) is 4.74 Å². The molecule has 1 aromatic rings. The van der Waals surface area contributed by atoms with Gasteiger partial charge in [0.1, 0.15) is 6.10 Å². The molecule has 2 rings (SSSR count). The molecule has 1 saturated carbocycles. The average molecular weight is 293 g/mol. The van der Waals surface area contributed by atoms with Gasteiger partial charge in [-0.1, -0.05) is 26.8 Å². The zero-order chi connectivity index (χ0) is 15.6. The Bertz CT molecular complexity index is 481. The third kappa shape index (κ3) is 3.97. The van der Waals surface area contributed by atoms with E-state index in [1.807, 2.05) is 14.0 Å². The van der Waals surface area contributed by atoms with Crippen molar-refractivity contribution in [3.63, 3.8) is 0 Å². The molecule has 0 heterocycles. The zero-order valence-electron chi connectivity index (χ0n) is 13.9. The minimum Gasteiger partial charge on any atom is -0.486 e. The molecule has 3 heteroatoms. The summed E-state index contributed by atoms with van der Waals surface area (Å²) in [6.45, 7) is 8.80. The van der Waals surface area contributed by atoms with Crippen LogP contribution in [0, 0.1) is 24.1 Å². The normalized spacial score (nSPS) is 26.7. The molecule has 0 saturated heterocycles. The molecule has 1 aromatic carbocycles. The second-order valence-corrected chi connectivity index (χ2v) is 7.36.